The Morgan fingerprint density at radius 1 is 0.358 bits per heavy atom. The molecule has 53 heavy (non-hydrogen) atoms. The number of para-hydroxylation sites is 4. The molecule has 1 saturated carbocycles. The van der Waals surface area contributed by atoms with Gasteiger partial charge in [0.05, 0.1) is 28.4 Å². The van der Waals surface area contributed by atoms with Crippen molar-refractivity contribution < 1.29 is 18.9 Å². The number of rotatable bonds is 5. The minimum absolute atomic E-state index is 0.833. The van der Waals surface area contributed by atoms with E-state index < -0.39 is 0 Å². The van der Waals surface area contributed by atoms with E-state index in [0.717, 1.165) is 40.8 Å². The maximum Gasteiger partial charge on any atom is 0.118 e. The van der Waals surface area contributed by atoms with Crippen LogP contribution in [0, 0.1) is 17.8 Å². The molecule has 0 bridgehead atoms. The lowest BCUT2D eigenvalue weighted by molar-refractivity contribution is 0.279. The van der Waals surface area contributed by atoms with E-state index in [0.29, 0.717) is 0 Å². The number of benzene rings is 4. The molecule has 1 fully saturated rings. The predicted octanol–water partition coefficient (Wildman–Crippen LogP) is 15.8. The van der Waals surface area contributed by atoms with E-state index in [1.807, 2.05) is 177 Å². The molecule has 0 spiro atoms. The van der Waals surface area contributed by atoms with Crippen LogP contribution in [0.3, 0.4) is 0 Å². The maximum atomic E-state index is 4.91. The lowest BCUT2D eigenvalue weighted by Crippen LogP contribution is -2.12. The third kappa shape index (κ3) is 44.2. The fourth-order valence-corrected chi connectivity index (χ4v) is 4.03. The lowest BCUT2D eigenvalue weighted by atomic mass is 9.82. The number of hydrogen-bond acceptors (Lipinski definition) is 4. The summed E-state index contributed by atoms with van der Waals surface area (Å²) in [6.45, 7) is 27.2. The van der Waals surface area contributed by atoms with Gasteiger partial charge in [-0.05, 0) is 66.3 Å². The Balaban J connectivity index is -0.000000169. The normalized spacial score (nSPS) is 10.2. The summed E-state index contributed by atoms with van der Waals surface area (Å²) in [6, 6.07) is 38.7. The molecule has 4 nitrogen and oxygen atoms in total. The minimum atomic E-state index is 0.833. The summed E-state index contributed by atoms with van der Waals surface area (Å²) in [4.78, 5) is 0. The zero-order valence-electron chi connectivity index (χ0n) is 37.4. The first-order chi connectivity index (χ1) is 25.8. The van der Waals surface area contributed by atoms with Crippen molar-refractivity contribution in [2.45, 2.75) is 122 Å². The molecule has 1 aliphatic rings. The summed E-state index contributed by atoms with van der Waals surface area (Å²) in [5.74, 6) is 6.46. The molecule has 0 unspecified atom stereocenters. The van der Waals surface area contributed by atoms with Crippen LogP contribution in [-0.2, 0) is 0 Å². The van der Waals surface area contributed by atoms with Crippen molar-refractivity contribution in [1.29, 1.82) is 0 Å². The van der Waals surface area contributed by atoms with Crippen LogP contribution in [0.5, 0.6) is 23.0 Å². The molecule has 0 aliphatic heterocycles. The van der Waals surface area contributed by atoms with Gasteiger partial charge in [0.1, 0.15) is 23.0 Å². The molecule has 5 rings (SSSR count). The van der Waals surface area contributed by atoms with Crippen molar-refractivity contribution in [1.82, 2.24) is 0 Å². The van der Waals surface area contributed by atoms with E-state index >= 15 is 0 Å². The molecule has 0 N–H and O–H groups in total. The second kappa shape index (κ2) is 50.2. The van der Waals surface area contributed by atoms with Gasteiger partial charge < -0.3 is 18.9 Å². The van der Waals surface area contributed by atoms with Gasteiger partial charge in [0.25, 0.3) is 0 Å². The van der Waals surface area contributed by atoms with Gasteiger partial charge in [-0.1, -0.05) is 195 Å². The average Bonchev–Trinajstić information content (AvgIpc) is 3.26. The zero-order valence-corrected chi connectivity index (χ0v) is 37.4. The molecule has 0 aromatic heterocycles. The van der Waals surface area contributed by atoms with Crippen LogP contribution in [0.25, 0.3) is 0 Å². The average molecular weight is 737 g/mol. The lowest BCUT2D eigenvalue weighted by Gasteiger charge is -2.24. The van der Waals surface area contributed by atoms with Gasteiger partial charge in [0.15, 0.2) is 0 Å². The van der Waals surface area contributed by atoms with E-state index in [4.69, 9.17) is 18.9 Å². The van der Waals surface area contributed by atoms with Crippen LogP contribution < -0.4 is 18.9 Å². The second-order valence-corrected chi connectivity index (χ2v) is 11.4. The Labute approximate surface area is 330 Å². The van der Waals surface area contributed by atoms with Gasteiger partial charge in [-0.3, -0.25) is 0 Å². The Morgan fingerprint density at radius 2 is 0.547 bits per heavy atom. The molecule has 0 amide bonds. The highest BCUT2D eigenvalue weighted by Crippen LogP contribution is 2.29. The van der Waals surface area contributed by atoms with E-state index in [2.05, 4.69) is 34.6 Å². The molecule has 0 radical (unpaired) electrons. The molecular weight excluding hydrogens is 653 g/mol. The molecule has 0 heterocycles. The fraction of sp³-hybridized carbons (Fsp3) is 0.510. The van der Waals surface area contributed by atoms with E-state index in [-0.39, 0.29) is 0 Å². The predicted molar refractivity (Wildman–Crippen MR) is 239 cm³/mol. The SMILES string of the molecule is CC.CC.CC.CC.CC(C)C.CC(C)C1CCCCC1.COc1ccccc1.COc1ccccc1.COc1ccccc1.COc1ccccc1. The first-order valence-corrected chi connectivity index (χ1v) is 20.1. The van der Waals surface area contributed by atoms with Gasteiger partial charge >= 0.3 is 0 Å². The summed E-state index contributed by atoms with van der Waals surface area (Å²) in [7, 11) is 6.65. The van der Waals surface area contributed by atoms with Crippen molar-refractivity contribution in [2.24, 2.45) is 17.8 Å². The van der Waals surface area contributed by atoms with Gasteiger partial charge in [-0.15, -0.1) is 0 Å². The highest BCUT2D eigenvalue weighted by atomic mass is 16.5. The molecule has 304 valence electrons. The monoisotopic (exact) mass is 737 g/mol. The maximum absolute atomic E-state index is 4.91. The van der Waals surface area contributed by atoms with Crippen molar-refractivity contribution in [2.75, 3.05) is 28.4 Å². The van der Waals surface area contributed by atoms with Crippen LogP contribution in [0.1, 0.15) is 122 Å². The van der Waals surface area contributed by atoms with Gasteiger partial charge in [-0.2, -0.15) is 0 Å². The summed E-state index contributed by atoms with van der Waals surface area (Å²) in [5.41, 5.74) is 0. The smallest absolute Gasteiger partial charge is 0.118 e. The minimum Gasteiger partial charge on any atom is -0.497 e. The summed E-state index contributed by atoms with van der Waals surface area (Å²) >= 11 is 0. The zero-order chi connectivity index (χ0) is 41.5. The van der Waals surface area contributed by atoms with Crippen LogP contribution in [0.15, 0.2) is 121 Å². The molecule has 1 aliphatic carbocycles. The Hall–Kier alpha value is -3.92. The Kier molecular flexibility index (Phi) is 55.3. The molecule has 4 aromatic carbocycles. The molecule has 0 atom stereocenters. The molecule has 0 saturated heterocycles. The van der Waals surface area contributed by atoms with Gasteiger partial charge in [0.2, 0.25) is 0 Å². The van der Waals surface area contributed by atoms with Crippen LogP contribution in [0.2, 0.25) is 0 Å². The summed E-state index contributed by atoms with van der Waals surface area (Å²) < 4.78 is 19.7. The third-order valence-electron chi connectivity index (χ3n) is 6.51. The van der Waals surface area contributed by atoms with Gasteiger partial charge in [0, 0.05) is 0 Å². The molecule has 4 heteroatoms. The van der Waals surface area contributed by atoms with E-state index in [1.54, 1.807) is 28.4 Å². The van der Waals surface area contributed by atoms with Gasteiger partial charge in [-0.25, -0.2) is 0 Å². The fourth-order valence-electron chi connectivity index (χ4n) is 4.03. The van der Waals surface area contributed by atoms with Crippen molar-refractivity contribution in [3.63, 3.8) is 0 Å². The van der Waals surface area contributed by atoms with Crippen LogP contribution in [0.4, 0.5) is 0 Å². The summed E-state index contributed by atoms with van der Waals surface area (Å²) in [5, 5.41) is 0. The van der Waals surface area contributed by atoms with Crippen molar-refractivity contribution >= 4 is 0 Å². The van der Waals surface area contributed by atoms with Crippen molar-refractivity contribution in [3.05, 3.63) is 121 Å². The Morgan fingerprint density at radius 3 is 0.660 bits per heavy atom. The number of ether oxygens (including phenoxy) is 4. The van der Waals surface area contributed by atoms with E-state index in [9.17, 15) is 0 Å². The highest BCUT2D eigenvalue weighted by Gasteiger charge is 2.15. The molecular formula is C49H84O4. The molecule has 4 aromatic rings. The third-order valence-corrected chi connectivity index (χ3v) is 6.51. The standard InChI is InChI=1S/C9H18.4C7H8O.C4H10.4C2H6/c1-8(2)9-6-4-3-5-7-9;4*1-8-7-5-3-2-4-6-7;1-4(2)3;4*1-2/h8-9H,3-7H2,1-2H3;4*2-6H,1H3;4H,1-3H3;4*1-2H3. The van der Waals surface area contributed by atoms with Crippen LogP contribution >= 0.6 is 0 Å². The Bertz CT molecular complexity index is 952. The summed E-state index contributed by atoms with van der Waals surface area (Å²) in [6.07, 6.45) is 7.46. The van der Waals surface area contributed by atoms with Crippen molar-refractivity contribution in [3.8, 4) is 23.0 Å². The van der Waals surface area contributed by atoms with E-state index in [1.165, 1.54) is 32.1 Å². The first-order valence-electron chi connectivity index (χ1n) is 20.1. The van der Waals surface area contributed by atoms with Crippen LogP contribution in [-0.4, -0.2) is 28.4 Å². The number of methoxy groups -OCH3 is 4. The quantitative estimate of drug-likeness (QED) is 0.204. The highest BCUT2D eigenvalue weighted by molar-refractivity contribution is 5.22. The second-order valence-electron chi connectivity index (χ2n) is 11.4. The largest absolute Gasteiger partial charge is 0.497 e. The number of hydrogen-bond donors (Lipinski definition) is 0. The first kappa shape index (κ1) is 58.4. The topological polar surface area (TPSA) is 36.9 Å².